The third kappa shape index (κ3) is 2.74. The monoisotopic (exact) mass is 316 g/mol. The molecule has 1 fully saturated rings. The molecule has 0 radical (unpaired) electrons. The van der Waals surface area contributed by atoms with Crippen molar-refractivity contribution < 1.29 is 13.2 Å². The van der Waals surface area contributed by atoms with Crippen LogP contribution in [-0.2, 0) is 10.0 Å². The van der Waals surface area contributed by atoms with E-state index in [1.165, 1.54) is 6.20 Å². The predicted octanol–water partition coefficient (Wildman–Crippen LogP) is 2.17. The van der Waals surface area contributed by atoms with Crippen LogP contribution in [0.25, 0.3) is 11.1 Å². The Hall–Kier alpha value is -2.21. The van der Waals surface area contributed by atoms with Gasteiger partial charge in [0.1, 0.15) is 5.69 Å². The maximum atomic E-state index is 12.5. The molecular weight excluding hydrogens is 300 g/mol. The SMILES string of the molecule is CC1CN(C(=O)c2cc(-c3ccccc3)ccn2)S(=O)(=O)C1. The Morgan fingerprint density at radius 3 is 2.55 bits per heavy atom. The van der Waals surface area contributed by atoms with Crippen LogP contribution in [0, 0.1) is 5.92 Å². The molecule has 6 heteroatoms. The van der Waals surface area contributed by atoms with Crippen LogP contribution < -0.4 is 0 Å². The van der Waals surface area contributed by atoms with Gasteiger partial charge in [-0.15, -0.1) is 0 Å². The molecule has 0 spiro atoms. The maximum absolute atomic E-state index is 12.5. The highest BCUT2D eigenvalue weighted by atomic mass is 32.2. The second kappa shape index (κ2) is 5.53. The van der Waals surface area contributed by atoms with Gasteiger partial charge in [0.05, 0.1) is 5.75 Å². The largest absolute Gasteiger partial charge is 0.285 e. The van der Waals surface area contributed by atoms with Gasteiger partial charge in [-0.2, -0.15) is 0 Å². The number of rotatable bonds is 2. The lowest BCUT2D eigenvalue weighted by atomic mass is 10.1. The number of sulfonamides is 1. The lowest BCUT2D eigenvalue weighted by molar-refractivity contribution is 0.0858. The normalized spacial score (nSPS) is 20.0. The summed E-state index contributed by atoms with van der Waals surface area (Å²) in [6, 6.07) is 13.0. The van der Waals surface area contributed by atoms with Gasteiger partial charge < -0.3 is 0 Å². The third-order valence-corrected chi connectivity index (χ3v) is 5.60. The minimum atomic E-state index is -3.52. The zero-order valence-corrected chi connectivity index (χ0v) is 13.0. The molecule has 0 saturated carbocycles. The first-order valence-corrected chi connectivity index (χ1v) is 8.64. The van der Waals surface area contributed by atoms with Crippen molar-refractivity contribution in [2.24, 2.45) is 5.92 Å². The molecule has 5 nitrogen and oxygen atoms in total. The van der Waals surface area contributed by atoms with Crippen molar-refractivity contribution >= 4 is 15.9 Å². The van der Waals surface area contributed by atoms with Gasteiger partial charge in [-0.25, -0.2) is 12.7 Å². The first-order valence-electron chi connectivity index (χ1n) is 7.03. The highest BCUT2D eigenvalue weighted by Gasteiger charge is 2.38. The van der Waals surface area contributed by atoms with Gasteiger partial charge in [0.15, 0.2) is 0 Å². The Labute approximate surface area is 129 Å². The summed E-state index contributed by atoms with van der Waals surface area (Å²) in [5, 5.41) is 0. The molecule has 1 aromatic heterocycles. The third-order valence-electron chi connectivity index (χ3n) is 3.62. The minimum absolute atomic E-state index is 0.0110. The van der Waals surface area contributed by atoms with E-state index in [4.69, 9.17) is 0 Å². The molecule has 3 rings (SSSR count). The summed E-state index contributed by atoms with van der Waals surface area (Å²) in [7, 11) is -3.52. The molecule has 1 aliphatic rings. The maximum Gasteiger partial charge on any atom is 0.285 e. The standard InChI is InChI=1S/C16H16N2O3S/c1-12-10-18(22(20,21)11-12)16(19)15-9-14(7-8-17-15)13-5-3-2-4-6-13/h2-9,12H,10-11H2,1H3. The highest BCUT2D eigenvalue weighted by molar-refractivity contribution is 7.89. The van der Waals surface area contributed by atoms with Crippen molar-refractivity contribution in [3.63, 3.8) is 0 Å². The van der Waals surface area contributed by atoms with Gasteiger partial charge in [0.2, 0.25) is 10.0 Å². The molecule has 1 aliphatic heterocycles. The van der Waals surface area contributed by atoms with Crippen molar-refractivity contribution in [3.8, 4) is 11.1 Å². The average Bonchev–Trinajstić information content (AvgIpc) is 2.80. The van der Waals surface area contributed by atoms with Gasteiger partial charge in [-0.05, 0) is 29.2 Å². The fourth-order valence-electron chi connectivity index (χ4n) is 2.59. The Morgan fingerprint density at radius 2 is 1.91 bits per heavy atom. The van der Waals surface area contributed by atoms with Crippen LogP contribution in [0.2, 0.25) is 0 Å². The number of carbonyl (C=O) groups is 1. The van der Waals surface area contributed by atoms with E-state index in [0.717, 1.165) is 15.4 Å². The summed E-state index contributed by atoms with van der Waals surface area (Å²) < 4.78 is 25.0. The van der Waals surface area contributed by atoms with E-state index in [9.17, 15) is 13.2 Å². The number of hydrogen-bond donors (Lipinski definition) is 0. The number of nitrogens with zero attached hydrogens (tertiary/aromatic N) is 2. The fraction of sp³-hybridized carbons (Fsp3) is 0.250. The summed E-state index contributed by atoms with van der Waals surface area (Å²) in [6.07, 6.45) is 1.53. The first-order chi connectivity index (χ1) is 10.5. The second-order valence-corrected chi connectivity index (χ2v) is 7.45. The number of carbonyl (C=O) groups excluding carboxylic acids is 1. The van der Waals surface area contributed by atoms with Crippen LogP contribution >= 0.6 is 0 Å². The fourth-order valence-corrected chi connectivity index (χ4v) is 4.43. The molecule has 0 aliphatic carbocycles. The van der Waals surface area contributed by atoms with E-state index in [2.05, 4.69) is 4.98 Å². The minimum Gasteiger partial charge on any atom is -0.266 e. The Kier molecular flexibility index (Phi) is 3.70. The predicted molar refractivity (Wildman–Crippen MR) is 83.7 cm³/mol. The zero-order chi connectivity index (χ0) is 15.7. The van der Waals surface area contributed by atoms with Crippen molar-refractivity contribution in [2.75, 3.05) is 12.3 Å². The number of aromatic nitrogens is 1. The smallest absolute Gasteiger partial charge is 0.266 e. The van der Waals surface area contributed by atoms with Gasteiger partial charge >= 0.3 is 0 Å². The quantitative estimate of drug-likeness (QED) is 0.851. The molecule has 1 amide bonds. The number of hydrogen-bond acceptors (Lipinski definition) is 4. The molecule has 0 bridgehead atoms. The Bertz CT molecular complexity index is 803. The van der Waals surface area contributed by atoms with E-state index in [0.29, 0.717) is 0 Å². The van der Waals surface area contributed by atoms with Crippen LogP contribution in [0.4, 0.5) is 0 Å². The van der Waals surface area contributed by atoms with E-state index < -0.39 is 15.9 Å². The molecule has 2 heterocycles. The Morgan fingerprint density at radius 1 is 1.18 bits per heavy atom. The van der Waals surface area contributed by atoms with E-state index in [-0.39, 0.29) is 23.9 Å². The van der Waals surface area contributed by atoms with Gasteiger partial charge in [-0.1, -0.05) is 37.3 Å². The first kappa shape index (κ1) is 14.7. The van der Waals surface area contributed by atoms with Crippen LogP contribution in [0.3, 0.4) is 0 Å². The van der Waals surface area contributed by atoms with Crippen LogP contribution in [-0.4, -0.2) is 35.9 Å². The molecular formula is C16H16N2O3S. The molecule has 1 saturated heterocycles. The number of amides is 1. The second-order valence-electron chi connectivity index (χ2n) is 5.52. The van der Waals surface area contributed by atoms with Crippen LogP contribution in [0.15, 0.2) is 48.7 Å². The van der Waals surface area contributed by atoms with E-state index in [1.54, 1.807) is 12.1 Å². The molecule has 1 unspecified atom stereocenters. The summed E-state index contributed by atoms with van der Waals surface area (Å²) in [5.41, 5.74) is 1.94. The molecule has 1 atom stereocenters. The summed E-state index contributed by atoms with van der Waals surface area (Å²) >= 11 is 0. The van der Waals surface area contributed by atoms with Gasteiger partial charge in [0.25, 0.3) is 5.91 Å². The molecule has 22 heavy (non-hydrogen) atoms. The lowest BCUT2D eigenvalue weighted by Gasteiger charge is -2.14. The van der Waals surface area contributed by atoms with Gasteiger partial charge in [-0.3, -0.25) is 9.78 Å². The van der Waals surface area contributed by atoms with Crippen molar-refractivity contribution in [1.29, 1.82) is 0 Å². The van der Waals surface area contributed by atoms with E-state index in [1.807, 2.05) is 37.3 Å². The number of pyridine rings is 1. The summed E-state index contributed by atoms with van der Waals surface area (Å²) in [6.45, 7) is 2.04. The molecule has 1 aromatic carbocycles. The van der Waals surface area contributed by atoms with Crippen molar-refractivity contribution in [2.45, 2.75) is 6.92 Å². The summed E-state index contributed by atoms with van der Waals surface area (Å²) in [4.78, 5) is 16.5. The van der Waals surface area contributed by atoms with Crippen LogP contribution in [0.5, 0.6) is 0 Å². The van der Waals surface area contributed by atoms with Gasteiger partial charge in [0, 0.05) is 12.7 Å². The molecule has 0 N–H and O–H groups in total. The number of benzene rings is 1. The zero-order valence-electron chi connectivity index (χ0n) is 12.1. The van der Waals surface area contributed by atoms with Crippen LogP contribution in [0.1, 0.15) is 17.4 Å². The van der Waals surface area contributed by atoms with E-state index >= 15 is 0 Å². The Balaban J connectivity index is 1.95. The lowest BCUT2D eigenvalue weighted by Crippen LogP contribution is -2.33. The van der Waals surface area contributed by atoms with Crippen molar-refractivity contribution in [1.82, 2.24) is 9.29 Å². The molecule has 114 valence electrons. The van der Waals surface area contributed by atoms with Crippen molar-refractivity contribution in [3.05, 3.63) is 54.4 Å². The topological polar surface area (TPSA) is 67.3 Å². The highest BCUT2D eigenvalue weighted by Crippen LogP contribution is 2.23. The average molecular weight is 316 g/mol. The molecule has 2 aromatic rings. The summed E-state index contributed by atoms with van der Waals surface area (Å²) in [5.74, 6) is -0.592.